The molecule has 1 N–H and O–H groups in total. The molecule has 0 bridgehead atoms. The van der Waals surface area contributed by atoms with Crippen molar-refractivity contribution in [1.29, 1.82) is 0 Å². The molecular formula is C17H23ClFNO3. The Morgan fingerprint density at radius 3 is 2.96 bits per heavy atom. The number of carbonyl (C=O) groups excluding carboxylic acids is 1. The average Bonchev–Trinajstić information content (AvgIpc) is 2.56. The lowest BCUT2D eigenvalue weighted by Gasteiger charge is -2.42. The topological polar surface area (TPSA) is 49.8 Å². The molecule has 4 nitrogen and oxygen atoms in total. The molecule has 1 fully saturated rings. The lowest BCUT2D eigenvalue weighted by atomic mass is 9.78. The van der Waals surface area contributed by atoms with E-state index in [0.29, 0.717) is 26.1 Å². The van der Waals surface area contributed by atoms with Gasteiger partial charge in [-0.2, -0.15) is 0 Å². The summed E-state index contributed by atoms with van der Waals surface area (Å²) in [4.78, 5) is 14.2. The highest BCUT2D eigenvalue weighted by molar-refractivity contribution is 6.31. The SMILES string of the molecule is COCCC1(CO)CCCN(C(=O)Cc2c(F)cccc2Cl)C1. The number of hydrogen-bond donors (Lipinski definition) is 1. The van der Waals surface area contributed by atoms with E-state index >= 15 is 0 Å². The molecule has 1 aliphatic heterocycles. The third-order valence-electron chi connectivity index (χ3n) is 4.58. The summed E-state index contributed by atoms with van der Waals surface area (Å²) >= 11 is 6.00. The number of halogens is 2. The van der Waals surface area contributed by atoms with Gasteiger partial charge in [0.15, 0.2) is 0 Å². The van der Waals surface area contributed by atoms with Crippen molar-refractivity contribution in [3.8, 4) is 0 Å². The van der Waals surface area contributed by atoms with E-state index in [-0.39, 0.29) is 34.9 Å². The highest BCUT2D eigenvalue weighted by Gasteiger charge is 2.36. The first kappa shape index (κ1) is 18.2. The second-order valence-electron chi connectivity index (χ2n) is 6.20. The van der Waals surface area contributed by atoms with Crippen molar-refractivity contribution in [2.75, 3.05) is 33.4 Å². The fourth-order valence-electron chi connectivity index (χ4n) is 3.12. The van der Waals surface area contributed by atoms with Gasteiger partial charge in [-0.1, -0.05) is 17.7 Å². The second kappa shape index (κ2) is 8.08. The number of ether oxygens (including phenoxy) is 1. The summed E-state index contributed by atoms with van der Waals surface area (Å²) in [5.41, 5.74) is -0.0978. The van der Waals surface area contributed by atoms with E-state index in [9.17, 15) is 14.3 Å². The van der Waals surface area contributed by atoms with Crippen LogP contribution in [0.1, 0.15) is 24.8 Å². The van der Waals surface area contributed by atoms with Gasteiger partial charge in [-0.05, 0) is 31.4 Å². The van der Waals surface area contributed by atoms with Gasteiger partial charge in [-0.25, -0.2) is 4.39 Å². The molecule has 23 heavy (non-hydrogen) atoms. The van der Waals surface area contributed by atoms with Crippen LogP contribution in [0.2, 0.25) is 5.02 Å². The number of aliphatic hydroxyl groups excluding tert-OH is 1. The molecule has 1 aromatic rings. The maximum Gasteiger partial charge on any atom is 0.227 e. The summed E-state index contributed by atoms with van der Waals surface area (Å²) < 4.78 is 19.0. The van der Waals surface area contributed by atoms with E-state index in [2.05, 4.69) is 0 Å². The fourth-order valence-corrected chi connectivity index (χ4v) is 3.35. The van der Waals surface area contributed by atoms with E-state index in [1.54, 1.807) is 18.1 Å². The first-order valence-electron chi connectivity index (χ1n) is 7.82. The molecule has 128 valence electrons. The molecule has 1 aromatic carbocycles. The fraction of sp³-hybridized carbons (Fsp3) is 0.588. The van der Waals surface area contributed by atoms with E-state index in [0.717, 1.165) is 12.8 Å². The Morgan fingerprint density at radius 1 is 1.52 bits per heavy atom. The molecule has 0 radical (unpaired) electrons. The van der Waals surface area contributed by atoms with Crippen LogP contribution in [0.25, 0.3) is 0 Å². The largest absolute Gasteiger partial charge is 0.396 e. The van der Waals surface area contributed by atoms with E-state index < -0.39 is 5.82 Å². The maximum absolute atomic E-state index is 13.9. The zero-order chi connectivity index (χ0) is 16.9. The zero-order valence-corrected chi connectivity index (χ0v) is 14.1. The van der Waals surface area contributed by atoms with Crippen molar-refractivity contribution < 1.29 is 19.0 Å². The molecule has 0 aromatic heterocycles. The van der Waals surface area contributed by atoms with Crippen molar-refractivity contribution in [1.82, 2.24) is 4.90 Å². The summed E-state index contributed by atoms with van der Waals surface area (Å²) in [7, 11) is 1.62. The Balaban J connectivity index is 2.07. The quantitative estimate of drug-likeness (QED) is 0.864. The van der Waals surface area contributed by atoms with Crippen LogP contribution in [-0.4, -0.2) is 49.3 Å². The second-order valence-corrected chi connectivity index (χ2v) is 6.60. The number of benzene rings is 1. The van der Waals surface area contributed by atoms with E-state index in [4.69, 9.17) is 16.3 Å². The van der Waals surface area contributed by atoms with Crippen molar-refractivity contribution in [3.05, 3.63) is 34.6 Å². The molecule has 0 aliphatic carbocycles. The smallest absolute Gasteiger partial charge is 0.227 e. The molecule has 1 unspecified atom stereocenters. The average molecular weight is 344 g/mol. The molecule has 1 atom stereocenters. The molecule has 0 saturated carbocycles. The van der Waals surface area contributed by atoms with Crippen LogP contribution >= 0.6 is 11.6 Å². The lowest BCUT2D eigenvalue weighted by molar-refractivity contribution is -0.135. The van der Waals surface area contributed by atoms with E-state index in [1.807, 2.05) is 0 Å². The summed E-state index contributed by atoms with van der Waals surface area (Å²) in [6, 6.07) is 4.41. The summed E-state index contributed by atoms with van der Waals surface area (Å²) in [6.07, 6.45) is 2.32. The van der Waals surface area contributed by atoms with Gasteiger partial charge in [0.1, 0.15) is 5.82 Å². The number of rotatable bonds is 6. The number of aliphatic hydroxyl groups is 1. The Labute approximate surface area is 141 Å². The molecule has 1 aliphatic rings. The van der Waals surface area contributed by atoms with Gasteiger partial charge >= 0.3 is 0 Å². The van der Waals surface area contributed by atoms with Crippen LogP contribution in [0.3, 0.4) is 0 Å². The Kier molecular flexibility index (Phi) is 6.39. The highest BCUT2D eigenvalue weighted by atomic mass is 35.5. The van der Waals surface area contributed by atoms with E-state index in [1.165, 1.54) is 12.1 Å². The van der Waals surface area contributed by atoms with Gasteiger partial charge in [-0.3, -0.25) is 4.79 Å². The van der Waals surface area contributed by atoms with Gasteiger partial charge in [0, 0.05) is 42.8 Å². The first-order chi connectivity index (χ1) is 11.0. The number of hydrogen-bond acceptors (Lipinski definition) is 3. The van der Waals surface area contributed by atoms with Crippen molar-refractivity contribution in [3.63, 3.8) is 0 Å². The maximum atomic E-state index is 13.9. The molecule has 2 rings (SSSR count). The summed E-state index contributed by atoms with van der Waals surface area (Å²) in [5, 5.41) is 10.0. The predicted molar refractivity (Wildman–Crippen MR) is 86.9 cm³/mol. The highest BCUT2D eigenvalue weighted by Crippen LogP contribution is 2.33. The van der Waals surface area contributed by atoms with Gasteiger partial charge in [0.25, 0.3) is 0 Å². The Hall–Kier alpha value is -1.17. The van der Waals surface area contributed by atoms with Crippen molar-refractivity contribution in [2.24, 2.45) is 5.41 Å². The van der Waals surface area contributed by atoms with Crippen LogP contribution in [-0.2, 0) is 16.0 Å². The third-order valence-corrected chi connectivity index (χ3v) is 4.93. The standard InChI is InChI=1S/C17H23ClFNO3/c1-23-9-7-17(12-21)6-3-8-20(11-17)16(22)10-13-14(18)4-2-5-15(13)19/h2,4-5,21H,3,6-12H2,1H3. The van der Waals surface area contributed by atoms with Crippen LogP contribution in [0.15, 0.2) is 18.2 Å². The number of nitrogens with zero attached hydrogens (tertiary/aromatic N) is 1. The molecule has 1 saturated heterocycles. The van der Waals surface area contributed by atoms with Gasteiger partial charge in [0.2, 0.25) is 5.91 Å². The van der Waals surface area contributed by atoms with Crippen LogP contribution in [0.5, 0.6) is 0 Å². The molecule has 1 heterocycles. The Morgan fingerprint density at radius 2 is 2.30 bits per heavy atom. The Bertz CT molecular complexity index is 534. The molecule has 1 amide bonds. The minimum atomic E-state index is -0.462. The number of likely N-dealkylation sites (tertiary alicyclic amines) is 1. The van der Waals surface area contributed by atoms with Gasteiger partial charge in [0.05, 0.1) is 13.0 Å². The minimum absolute atomic E-state index is 0.0145. The molecular weight excluding hydrogens is 321 g/mol. The number of methoxy groups -OCH3 is 1. The predicted octanol–water partition coefficient (Wildman–Crippen LogP) is 2.66. The van der Waals surface area contributed by atoms with Crippen LogP contribution in [0.4, 0.5) is 4.39 Å². The van der Waals surface area contributed by atoms with Gasteiger partial charge in [-0.15, -0.1) is 0 Å². The van der Waals surface area contributed by atoms with Crippen molar-refractivity contribution in [2.45, 2.75) is 25.7 Å². The van der Waals surface area contributed by atoms with Gasteiger partial charge < -0.3 is 14.7 Å². The zero-order valence-electron chi connectivity index (χ0n) is 13.4. The summed E-state index contributed by atoms with van der Waals surface area (Å²) in [6.45, 7) is 1.65. The number of carbonyl (C=O) groups is 1. The van der Waals surface area contributed by atoms with Crippen LogP contribution in [0, 0.1) is 11.2 Å². The third kappa shape index (κ3) is 4.43. The monoisotopic (exact) mass is 343 g/mol. The van der Waals surface area contributed by atoms with Crippen LogP contribution < -0.4 is 0 Å². The molecule has 6 heteroatoms. The normalized spacial score (nSPS) is 21.5. The van der Waals surface area contributed by atoms with Crippen molar-refractivity contribution >= 4 is 17.5 Å². The summed E-state index contributed by atoms with van der Waals surface area (Å²) in [5.74, 6) is -0.623. The first-order valence-corrected chi connectivity index (χ1v) is 8.19. The molecule has 0 spiro atoms. The number of amides is 1. The number of piperidine rings is 1. The lowest BCUT2D eigenvalue weighted by Crippen LogP contribution is -2.48. The minimum Gasteiger partial charge on any atom is -0.396 e.